The van der Waals surface area contributed by atoms with Gasteiger partial charge in [0.2, 0.25) is 0 Å². The Hall–Kier alpha value is -0.670. The first kappa shape index (κ1) is 10.4. The van der Waals surface area contributed by atoms with Crippen LogP contribution in [0.3, 0.4) is 0 Å². The van der Waals surface area contributed by atoms with E-state index in [4.69, 9.17) is 23.2 Å². The second kappa shape index (κ2) is 4.03. The Morgan fingerprint density at radius 2 is 1.77 bits per heavy atom. The molecule has 1 heterocycles. The highest BCUT2D eigenvalue weighted by molar-refractivity contribution is 6.38. The molecular weight excluding hydrogens is 211 g/mol. The summed E-state index contributed by atoms with van der Waals surface area (Å²) < 4.78 is 0. The predicted octanol–water partition coefficient (Wildman–Crippen LogP) is 2.62. The number of hydrogen-bond acceptors (Lipinski definition) is 3. The molecule has 0 radical (unpaired) electrons. The molecular formula is C8H8Cl2N2O. The van der Waals surface area contributed by atoms with Crippen molar-refractivity contribution in [1.82, 2.24) is 9.97 Å². The van der Waals surface area contributed by atoms with Crippen LogP contribution in [0.25, 0.3) is 0 Å². The molecule has 0 aliphatic rings. The van der Waals surface area contributed by atoms with Gasteiger partial charge in [-0.3, -0.25) is 4.79 Å². The summed E-state index contributed by atoms with van der Waals surface area (Å²) in [6.45, 7) is 3.53. The third kappa shape index (κ3) is 2.17. The highest BCUT2D eigenvalue weighted by Crippen LogP contribution is 2.22. The lowest BCUT2D eigenvalue weighted by Crippen LogP contribution is -2.10. The van der Waals surface area contributed by atoms with E-state index in [-0.39, 0.29) is 27.6 Å². The van der Waals surface area contributed by atoms with Gasteiger partial charge in [-0.15, -0.1) is 0 Å². The van der Waals surface area contributed by atoms with Crippen LogP contribution in [0.1, 0.15) is 24.2 Å². The summed E-state index contributed by atoms with van der Waals surface area (Å²) >= 11 is 11.4. The average molecular weight is 219 g/mol. The quantitative estimate of drug-likeness (QED) is 0.567. The molecule has 1 aromatic rings. The van der Waals surface area contributed by atoms with Crippen molar-refractivity contribution in [2.45, 2.75) is 13.8 Å². The Labute approximate surface area is 86.1 Å². The number of Topliss-reactive ketones (excluding diaryl/α,β-unsaturated/α-hetero) is 1. The van der Waals surface area contributed by atoms with E-state index in [1.54, 1.807) is 13.8 Å². The smallest absolute Gasteiger partial charge is 0.171 e. The lowest BCUT2D eigenvalue weighted by Gasteiger charge is -2.05. The van der Waals surface area contributed by atoms with Crippen LogP contribution in [0.4, 0.5) is 0 Å². The summed E-state index contributed by atoms with van der Waals surface area (Å²) in [5.41, 5.74) is 0.209. The highest BCUT2D eigenvalue weighted by atomic mass is 35.5. The number of nitrogens with zero attached hydrogens (tertiary/aromatic N) is 2. The van der Waals surface area contributed by atoms with Crippen LogP contribution in [0.15, 0.2) is 6.33 Å². The van der Waals surface area contributed by atoms with Gasteiger partial charge in [0.15, 0.2) is 5.78 Å². The van der Waals surface area contributed by atoms with Crippen LogP contribution < -0.4 is 0 Å². The molecule has 1 aromatic heterocycles. The molecule has 0 unspecified atom stereocenters. The van der Waals surface area contributed by atoms with Gasteiger partial charge in [-0.2, -0.15) is 0 Å². The lowest BCUT2D eigenvalue weighted by molar-refractivity contribution is 0.0939. The summed E-state index contributed by atoms with van der Waals surface area (Å²) in [6, 6.07) is 0. The fourth-order valence-electron chi connectivity index (χ4n) is 0.836. The molecule has 0 aromatic carbocycles. The summed E-state index contributed by atoms with van der Waals surface area (Å²) in [4.78, 5) is 18.9. The van der Waals surface area contributed by atoms with Crippen LogP contribution in [0.5, 0.6) is 0 Å². The van der Waals surface area contributed by atoms with Crippen LogP contribution in [0.2, 0.25) is 10.3 Å². The maximum atomic E-state index is 11.5. The summed E-state index contributed by atoms with van der Waals surface area (Å²) in [7, 11) is 0. The topological polar surface area (TPSA) is 42.9 Å². The molecule has 0 atom stereocenters. The highest BCUT2D eigenvalue weighted by Gasteiger charge is 2.19. The monoisotopic (exact) mass is 218 g/mol. The minimum atomic E-state index is -0.166. The van der Waals surface area contributed by atoms with Crippen LogP contribution in [0, 0.1) is 5.92 Å². The van der Waals surface area contributed by atoms with Crippen molar-refractivity contribution in [3.63, 3.8) is 0 Å². The maximum absolute atomic E-state index is 11.5. The van der Waals surface area contributed by atoms with E-state index >= 15 is 0 Å². The van der Waals surface area contributed by atoms with E-state index in [2.05, 4.69) is 9.97 Å². The van der Waals surface area contributed by atoms with Gasteiger partial charge in [0, 0.05) is 5.92 Å². The Bertz CT molecular complexity index is 319. The molecule has 0 fully saturated rings. The van der Waals surface area contributed by atoms with Gasteiger partial charge in [-0.05, 0) is 0 Å². The number of carbonyl (C=O) groups is 1. The number of halogens is 2. The van der Waals surface area contributed by atoms with E-state index in [0.29, 0.717) is 0 Å². The third-order valence-corrected chi connectivity index (χ3v) is 2.10. The fraction of sp³-hybridized carbons (Fsp3) is 0.375. The van der Waals surface area contributed by atoms with Crippen molar-refractivity contribution < 1.29 is 4.79 Å². The van der Waals surface area contributed by atoms with Gasteiger partial charge in [-0.1, -0.05) is 37.0 Å². The summed E-state index contributed by atoms with van der Waals surface area (Å²) in [5.74, 6) is -0.309. The molecule has 1 rings (SSSR count). The van der Waals surface area contributed by atoms with Crippen LogP contribution in [-0.4, -0.2) is 15.8 Å². The average Bonchev–Trinajstić information content (AvgIpc) is 2.03. The molecule has 0 aliphatic heterocycles. The van der Waals surface area contributed by atoms with E-state index in [9.17, 15) is 4.79 Å². The molecule has 0 aliphatic carbocycles. The number of rotatable bonds is 2. The second-order valence-corrected chi connectivity index (χ2v) is 3.57. The SMILES string of the molecule is CC(C)C(=O)c1c(Cl)ncnc1Cl. The second-order valence-electron chi connectivity index (χ2n) is 2.85. The molecule has 70 valence electrons. The molecule has 0 amide bonds. The standard InChI is InChI=1S/C8H8Cl2N2O/c1-4(2)6(13)5-7(9)11-3-12-8(5)10/h3-4H,1-2H3. The Balaban J connectivity index is 3.20. The molecule has 3 nitrogen and oxygen atoms in total. The summed E-state index contributed by atoms with van der Waals surface area (Å²) in [5, 5.41) is 0.220. The van der Waals surface area contributed by atoms with Gasteiger partial charge in [-0.25, -0.2) is 9.97 Å². The van der Waals surface area contributed by atoms with Gasteiger partial charge in [0.25, 0.3) is 0 Å². The minimum absolute atomic E-state index is 0.110. The number of carbonyl (C=O) groups excluding carboxylic acids is 1. The van der Waals surface area contributed by atoms with Crippen molar-refractivity contribution >= 4 is 29.0 Å². The van der Waals surface area contributed by atoms with E-state index in [1.807, 2.05) is 0 Å². The Morgan fingerprint density at radius 3 is 2.15 bits per heavy atom. The molecule has 0 N–H and O–H groups in total. The van der Waals surface area contributed by atoms with Crippen LogP contribution in [-0.2, 0) is 0 Å². The third-order valence-electron chi connectivity index (χ3n) is 1.53. The van der Waals surface area contributed by atoms with Crippen molar-refractivity contribution in [3.05, 3.63) is 22.2 Å². The zero-order valence-electron chi connectivity index (χ0n) is 7.21. The van der Waals surface area contributed by atoms with E-state index in [1.165, 1.54) is 6.33 Å². The molecule has 0 saturated heterocycles. The zero-order chi connectivity index (χ0) is 10.0. The molecule has 0 spiro atoms. The predicted molar refractivity (Wildman–Crippen MR) is 51.2 cm³/mol. The normalized spacial score (nSPS) is 10.5. The minimum Gasteiger partial charge on any atom is -0.294 e. The molecule has 5 heteroatoms. The van der Waals surface area contributed by atoms with Gasteiger partial charge in [0.1, 0.15) is 16.6 Å². The van der Waals surface area contributed by atoms with Crippen molar-refractivity contribution in [2.24, 2.45) is 5.92 Å². The van der Waals surface area contributed by atoms with Crippen molar-refractivity contribution in [2.75, 3.05) is 0 Å². The van der Waals surface area contributed by atoms with E-state index in [0.717, 1.165) is 0 Å². The molecule has 0 saturated carbocycles. The largest absolute Gasteiger partial charge is 0.294 e. The number of aromatic nitrogens is 2. The Morgan fingerprint density at radius 1 is 1.31 bits per heavy atom. The summed E-state index contributed by atoms with van der Waals surface area (Å²) in [6.07, 6.45) is 1.22. The van der Waals surface area contributed by atoms with E-state index < -0.39 is 0 Å². The number of ketones is 1. The zero-order valence-corrected chi connectivity index (χ0v) is 8.73. The van der Waals surface area contributed by atoms with Gasteiger partial charge in [0.05, 0.1) is 5.56 Å². The molecule has 0 bridgehead atoms. The lowest BCUT2D eigenvalue weighted by atomic mass is 10.0. The van der Waals surface area contributed by atoms with Crippen LogP contribution >= 0.6 is 23.2 Å². The first-order valence-corrected chi connectivity index (χ1v) is 4.50. The first-order valence-electron chi connectivity index (χ1n) is 3.74. The number of hydrogen-bond donors (Lipinski definition) is 0. The van der Waals surface area contributed by atoms with Gasteiger partial charge < -0.3 is 0 Å². The fourth-order valence-corrected chi connectivity index (χ4v) is 1.34. The van der Waals surface area contributed by atoms with Gasteiger partial charge >= 0.3 is 0 Å². The van der Waals surface area contributed by atoms with Crippen molar-refractivity contribution in [1.29, 1.82) is 0 Å². The molecule has 13 heavy (non-hydrogen) atoms. The Kier molecular flexibility index (Phi) is 3.22. The first-order chi connectivity index (χ1) is 6.04. The maximum Gasteiger partial charge on any atom is 0.171 e. The van der Waals surface area contributed by atoms with Crippen molar-refractivity contribution in [3.8, 4) is 0 Å².